The Labute approximate surface area is 80.6 Å². The summed E-state index contributed by atoms with van der Waals surface area (Å²) in [5.74, 6) is 0. The van der Waals surface area contributed by atoms with E-state index in [1.54, 1.807) is 11.3 Å². The maximum absolute atomic E-state index is 9.00. The van der Waals surface area contributed by atoms with Crippen LogP contribution in [0.3, 0.4) is 0 Å². The van der Waals surface area contributed by atoms with Crippen molar-refractivity contribution < 1.29 is 5.11 Å². The maximum atomic E-state index is 9.00. The van der Waals surface area contributed by atoms with E-state index in [1.165, 1.54) is 10.9 Å². The molecule has 0 bridgehead atoms. The summed E-state index contributed by atoms with van der Waals surface area (Å²) in [5, 5.41) is 11.0. The van der Waals surface area contributed by atoms with Gasteiger partial charge in [0.25, 0.3) is 0 Å². The Morgan fingerprint density at radius 2 is 2.15 bits per heavy atom. The van der Waals surface area contributed by atoms with Gasteiger partial charge in [-0.1, -0.05) is 6.07 Å². The second-order valence-corrected chi connectivity index (χ2v) is 4.25. The Morgan fingerprint density at radius 1 is 1.38 bits per heavy atom. The summed E-state index contributed by atoms with van der Waals surface area (Å²) in [5.41, 5.74) is 7.83. The third-order valence-corrected chi connectivity index (χ3v) is 3.02. The van der Waals surface area contributed by atoms with E-state index in [4.69, 9.17) is 10.8 Å². The highest BCUT2D eigenvalue weighted by atomic mass is 32.1. The van der Waals surface area contributed by atoms with E-state index in [-0.39, 0.29) is 6.61 Å². The zero-order valence-corrected chi connectivity index (χ0v) is 8.19. The molecule has 0 amide bonds. The molecule has 2 rings (SSSR count). The first kappa shape index (κ1) is 8.53. The molecule has 1 aromatic carbocycles. The molecular weight excluding hydrogens is 182 g/mol. The summed E-state index contributed by atoms with van der Waals surface area (Å²) in [6.07, 6.45) is 0. The van der Waals surface area contributed by atoms with Crippen molar-refractivity contribution in [3.8, 4) is 0 Å². The fourth-order valence-electron chi connectivity index (χ4n) is 1.50. The first-order chi connectivity index (χ1) is 6.20. The van der Waals surface area contributed by atoms with Gasteiger partial charge in [0.15, 0.2) is 0 Å². The number of aliphatic hydroxyl groups excluding tert-OH is 1. The molecule has 0 saturated heterocycles. The molecule has 3 N–H and O–H groups in total. The summed E-state index contributed by atoms with van der Waals surface area (Å²) >= 11 is 1.56. The van der Waals surface area contributed by atoms with Crippen LogP contribution in [0.4, 0.5) is 5.00 Å². The lowest BCUT2D eigenvalue weighted by atomic mass is 10.1. The van der Waals surface area contributed by atoms with Gasteiger partial charge in [-0.3, -0.25) is 0 Å². The van der Waals surface area contributed by atoms with Gasteiger partial charge in [-0.05, 0) is 35.6 Å². The number of aliphatic hydroxyl groups is 1. The molecule has 0 fully saturated rings. The molecule has 3 heteroatoms. The predicted molar refractivity (Wildman–Crippen MR) is 56.9 cm³/mol. The van der Waals surface area contributed by atoms with Gasteiger partial charge in [0.05, 0.1) is 11.6 Å². The Morgan fingerprint density at radius 3 is 2.85 bits per heavy atom. The number of hydrogen-bond acceptors (Lipinski definition) is 3. The van der Waals surface area contributed by atoms with Crippen molar-refractivity contribution in [1.29, 1.82) is 0 Å². The standard InChI is InChI=1S/C10H11NOS/c1-6-2-7(5-12)3-9-8(6)4-10(11)13-9/h2-4,12H,5,11H2,1H3. The molecule has 0 spiro atoms. The number of fused-ring (bicyclic) bond motifs is 1. The minimum Gasteiger partial charge on any atom is -0.392 e. The van der Waals surface area contributed by atoms with Crippen molar-refractivity contribution in [3.63, 3.8) is 0 Å². The van der Waals surface area contributed by atoms with Crippen LogP contribution in [0, 0.1) is 6.92 Å². The van der Waals surface area contributed by atoms with Gasteiger partial charge in [0.2, 0.25) is 0 Å². The van der Waals surface area contributed by atoms with Crippen molar-refractivity contribution in [3.05, 3.63) is 29.3 Å². The summed E-state index contributed by atoms with van der Waals surface area (Å²) in [6.45, 7) is 2.13. The van der Waals surface area contributed by atoms with E-state index in [2.05, 4.69) is 0 Å². The summed E-state index contributed by atoms with van der Waals surface area (Å²) in [6, 6.07) is 5.97. The molecule has 0 aliphatic rings. The maximum Gasteiger partial charge on any atom is 0.0868 e. The van der Waals surface area contributed by atoms with Gasteiger partial charge in [-0.2, -0.15) is 0 Å². The number of nitrogen functional groups attached to an aromatic ring is 1. The number of thiophene rings is 1. The molecule has 13 heavy (non-hydrogen) atoms. The molecule has 0 aliphatic heterocycles. The molecule has 0 aliphatic carbocycles. The zero-order chi connectivity index (χ0) is 9.42. The molecule has 2 aromatic rings. The largest absolute Gasteiger partial charge is 0.392 e. The van der Waals surface area contributed by atoms with Crippen LogP contribution in [0.2, 0.25) is 0 Å². The van der Waals surface area contributed by atoms with E-state index in [1.807, 2.05) is 25.1 Å². The van der Waals surface area contributed by atoms with Gasteiger partial charge >= 0.3 is 0 Å². The third-order valence-electron chi connectivity index (χ3n) is 2.11. The third kappa shape index (κ3) is 1.41. The topological polar surface area (TPSA) is 46.2 Å². The van der Waals surface area contributed by atoms with Crippen molar-refractivity contribution in [2.45, 2.75) is 13.5 Å². The summed E-state index contributed by atoms with van der Waals surface area (Å²) in [4.78, 5) is 0. The summed E-state index contributed by atoms with van der Waals surface area (Å²) in [7, 11) is 0. The van der Waals surface area contributed by atoms with Crippen LogP contribution >= 0.6 is 11.3 Å². The van der Waals surface area contributed by atoms with Crippen LogP contribution in [0.5, 0.6) is 0 Å². The fourth-order valence-corrected chi connectivity index (χ4v) is 2.47. The first-order valence-corrected chi connectivity index (χ1v) is 4.92. The quantitative estimate of drug-likeness (QED) is 0.730. The lowest BCUT2D eigenvalue weighted by Crippen LogP contribution is -1.83. The molecule has 0 radical (unpaired) electrons. The number of anilines is 1. The minimum atomic E-state index is 0.0918. The van der Waals surface area contributed by atoms with Crippen LogP contribution in [0.15, 0.2) is 18.2 Å². The molecule has 1 aromatic heterocycles. The highest BCUT2D eigenvalue weighted by molar-refractivity contribution is 7.22. The molecule has 2 nitrogen and oxygen atoms in total. The van der Waals surface area contributed by atoms with E-state index >= 15 is 0 Å². The highest BCUT2D eigenvalue weighted by Gasteiger charge is 2.03. The lowest BCUT2D eigenvalue weighted by Gasteiger charge is -1.99. The van der Waals surface area contributed by atoms with E-state index < -0.39 is 0 Å². The van der Waals surface area contributed by atoms with Crippen molar-refractivity contribution >= 4 is 26.4 Å². The van der Waals surface area contributed by atoms with Crippen LogP contribution < -0.4 is 5.73 Å². The normalized spacial score (nSPS) is 10.9. The minimum absolute atomic E-state index is 0.0918. The molecule has 1 heterocycles. The number of benzene rings is 1. The highest BCUT2D eigenvalue weighted by Crippen LogP contribution is 2.30. The van der Waals surface area contributed by atoms with E-state index in [0.29, 0.717) is 0 Å². The monoisotopic (exact) mass is 193 g/mol. The second-order valence-electron chi connectivity index (χ2n) is 3.13. The summed E-state index contributed by atoms with van der Waals surface area (Å²) < 4.78 is 1.15. The van der Waals surface area contributed by atoms with Gasteiger partial charge in [-0.25, -0.2) is 0 Å². The van der Waals surface area contributed by atoms with Gasteiger partial charge in [0.1, 0.15) is 0 Å². The molecule has 0 unspecified atom stereocenters. The Balaban J connectivity index is 2.75. The van der Waals surface area contributed by atoms with Gasteiger partial charge < -0.3 is 10.8 Å². The predicted octanol–water partition coefficient (Wildman–Crippen LogP) is 2.28. The molecule has 0 saturated carbocycles. The SMILES string of the molecule is Cc1cc(CO)cc2sc(N)cc12. The van der Waals surface area contributed by atoms with Crippen LogP contribution in [0.1, 0.15) is 11.1 Å². The Bertz CT molecular complexity index is 447. The van der Waals surface area contributed by atoms with E-state index in [9.17, 15) is 0 Å². The Hall–Kier alpha value is -1.06. The number of rotatable bonds is 1. The first-order valence-electron chi connectivity index (χ1n) is 4.10. The van der Waals surface area contributed by atoms with Crippen molar-refractivity contribution in [1.82, 2.24) is 0 Å². The smallest absolute Gasteiger partial charge is 0.0868 e. The average molecular weight is 193 g/mol. The van der Waals surface area contributed by atoms with E-state index in [0.717, 1.165) is 15.3 Å². The molecule has 0 atom stereocenters. The number of hydrogen-bond donors (Lipinski definition) is 2. The fraction of sp³-hybridized carbons (Fsp3) is 0.200. The van der Waals surface area contributed by atoms with Gasteiger partial charge in [0, 0.05) is 4.70 Å². The number of aryl methyl sites for hydroxylation is 1. The van der Waals surface area contributed by atoms with Crippen LogP contribution in [0.25, 0.3) is 10.1 Å². The van der Waals surface area contributed by atoms with Crippen LogP contribution in [-0.2, 0) is 6.61 Å². The number of nitrogens with two attached hydrogens (primary N) is 1. The molecule has 68 valence electrons. The zero-order valence-electron chi connectivity index (χ0n) is 7.37. The van der Waals surface area contributed by atoms with Crippen molar-refractivity contribution in [2.75, 3.05) is 5.73 Å². The second kappa shape index (κ2) is 3.01. The average Bonchev–Trinajstić information content (AvgIpc) is 2.46. The lowest BCUT2D eigenvalue weighted by molar-refractivity contribution is 0.282. The van der Waals surface area contributed by atoms with Crippen molar-refractivity contribution in [2.24, 2.45) is 0 Å². The van der Waals surface area contributed by atoms with Crippen LogP contribution in [-0.4, -0.2) is 5.11 Å². The Kier molecular flexibility index (Phi) is 1.98. The van der Waals surface area contributed by atoms with Gasteiger partial charge in [-0.15, -0.1) is 11.3 Å². The molecular formula is C10H11NOS.